The number of hydrogen-bond acceptors (Lipinski definition) is 3. The Hall–Kier alpha value is -1.05. The molecule has 7 heteroatoms. The van der Waals surface area contributed by atoms with Crippen LogP contribution in [0.3, 0.4) is 0 Å². The van der Waals surface area contributed by atoms with Crippen molar-refractivity contribution in [2.24, 2.45) is 5.41 Å². The van der Waals surface area contributed by atoms with Crippen LogP contribution in [0.4, 0.5) is 8.78 Å². The van der Waals surface area contributed by atoms with Crippen LogP contribution >= 0.6 is 0 Å². The predicted molar refractivity (Wildman–Crippen MR) is 83.9 cm³/mol. The molecule has 0 aliphatic rings. The fourth-order valence-corrected chi connectivity index (χ4v) is 3.85. The van der Waals surface area contributed by atoms with Crippen LogP contribution in [0.1, 0.15) is 26.3 Å². The number of rotatable bonds is 7. The van der Waals surface area contributed by atoms with Gasteiger partial charge in [-0.25, -0.2) is 21.9 Å². The highest BCUT2D eigenvalue weighted by molar-refractivity contribution is 7.88. The van der Waals surface area contributed by atoms with Gasteiger partial charge in [-0.2, -0.15) is 0 Å². The van der Waals surface area contributed by atoms with Gasteiger partial charge in [0.15, 0.2) is 0 Å². The molecule has 0 saturated heterocycles. The van der Waals surface area contributed by atoms with Crippen molar-refractivity contribution in [2.45, 2.75) is 32.6 Å². The lowest BCUT2D eigenvalue weighted by molar-refractivity contribution is 0.198. The molecule has 0 aromatic heterocycles. The molecule has 0 aliphatic heterocycles. The van der Waals surface area contributed by atoms with Crippen LogP contribution in [0.15, 0.2) is 18.2 Å². The number of sulfonamides is 1. The van der Waals surface area contributed by atoms with Gasteiger partial charge < -0.3 is 4.90 Å². The molecule has 1 N–H and O–H groups in total. The molecule has 0 fully saturated rings. The van der Waals surface area contributed by atoms with Crippen molar-refractivity contribution in [3.63, 3.8) is 0 Å². The summed E-state index contributed by atoms with van der Waals surface area (Å²) in [5, 5.41) is 0. The zero-order valence-electron chi connectivity index (χ0n) is 13.7. The second kappa shape index (κ2) is 7.02. The molecule has 1 atom stereocenters. The van der Waals surface area contributed by atoms with Gasteiger partial charge in [-0.15, -0.1) is 0 Å². The van der Waals surface area contributed by atoms with Crippen LogP contribution < -0.4 is 4.72 Å². The quantitative estimate of drug-likeness (QED) is 0.833. The normalized spacial score (nSPS) is 14.4. The maximum absolute atomic E-state index is 13.6. The molecule has 0 spiro atoms. The highest BCUT2D eigenvalue weighted by Gasteiger charge is 2.30. The third-order valence-electron chi connectivity index (χ3n) is 3.61. The molecule has 0 bridgehead atoms. The average molecular weight is 334 g/mol. The van der Waals surface area contributed by atoms with Crippen molar-refractivity contribution in [1.29, 1.82) is 0 Å². The standard InChI is InChI=1S/C15H24F2N2O2S/c1-11(15(2,3)10-19(4)5)18-22(20,21)9-12-6-7-13(16)8-14(12)17/h6-8,11,18H,9-10H2,1-5H3/t11-/m0/s1. The fraction of sp³-hybridized carbons (Fsp3) is 0.600. The van der Waals surface area contributed by atoms with E-state index in [0.29, 0.717) is 12.6 Å². The van der Waals surface area contributed by atoms with Crippen molar-refractivity contribution in [3.05, 3.63) is 35.4 Å². The number of benzene rings is 1. The molecule has 0 heterocycles. The van der Waals surface area contributed by atoms with Crippen LogP contribution in [-0.4, -0.2) is 40.0 Å². The molecule has 0 aliphatic carbocycles. The van der Waals surface area contributed by atoms with E-state index in [0.717, 1.165) is 12.1 Å². The topological polar surface area (TPSA) is 49.4 Å². The van der Waals surface area contributed by atoms with E-state index < -0.39 is 27.4 Å². The first kappa shape index (κ1) is 19.0. The molecule has 22 heavy (non-hydrogen) atoms. The number of nitrogens with zero attached hydrogens (tertiary/aromatic N) is 1. The Bertz CT molecular complexity index is 616. The number of nitrogens with one attached hydrogen (secondary N) is 1. The molecule has 1 aromatic carbocycles. The fourth-order valence-electron chi connectivity index (χ4n) is 2.27. The summed E-state index contributed by atoms with van der Waals surface area (Å²) >= 11 is 0. The van der Waals surface area contributed by atoms with Crippen LogP contribution in [0.25, 0.3) is 0 Å². The van der Waals surface area contributed by atoms with Crippen molar-refractivity contribution < 1.29 is 17.2 Å². The first-order chi connectivity index (χ1) is 9.93. The average Bonchev–Trinajstić information content (AvgIpc) is 2.30. The molecule has 4 nitrogen and oxygen atoms in total. The Balaban J connectivity index is 2.83. The van der Waals surface area contributed by atoms with Crippen LogP contribution in [0, 0.1) is 17.0 Å². The maximum Gasteiger partial charge on any atom is 0.216 e. The monoisotopic (exact) mass is 334 g/mol. The second-order valence-electron chi connectivity index (χ2n) is 6.56. The molecule has 1 rings (SSSR count). The lowest BCUT2D eigenvalue weighted by atomic mass is 9.85. The Kier molecular flexibility index (Phi) is 6.06. The van der Waals surface area contributed by atoms with Gasteiger partial charge in [-0.05, 0) is 32.5 Å². The highest BCUT2D eigenvalue weighted by Crippen LogP contribution is 2.22. The summed E-state index contributed by atoms with van der Waals surface area (Å²) in [7, 11) is 0.108. The van der Waals surface area contributed by atoms with Crippen LogP contribution in [0.5, 0.6) is 0 Å². The Morgan fingerprint density at radius 1 is 1.27 bits per heavy atom. The Morgan fingerprint density at radius 3 is 2.36 bits per heavy atom. The summed E-state index contributed by atoms with van der Waals surface area (Å²) < 4.78 is 53.4. The number of halogens is 2. The zero-order chi connectivity index (χ0) is 17.1. The molecule has 0 amide bonds. The van der Waals surface area contributed by atoms with Crippen molar-refractivity contribution in [1.82, 2.24) is 9.62 Å². The molecular weight excluding hydrogens is 310 g/mol. The van der Waals surface area contributed by atoms with E-state index in [4.69, 9.17) is 0 Å². The minimum atomic E-state index is -3.72. The second-order valence-corrected chi connectivity index (χ2v) is 8.31. The summed E-state index contributed by atoms with van der Waals surface area (Å²) in [6, 6.07) is 2.56. The van der Waals surface area contributed by atoms with Gasteiger partial charge in [-0.1, -0.05) is 19.9 Å². The van der Waals surface area contributed by atoms with Gasteiger partial charge in [0.2, 0.25) is 10.0 Å². The minimum absolute atomic E-state index is 0.0495. The minimum Gasteiger partial charge on any atom is -0.309 e. The van der Waals surface area contributed by atoms with Crippen molar-refractivity contribution >= 4 is 10.0 Å². The lowest BCUT2D eigenvalue weighted by Crippen LogP contribution is -2.47. The summed E-state index contributed by atoms with van der Waals surface area (Å²) in [6.07, 6.45) is 0. The van der Waals surface area contributed by atoms with E-state index in [2.05, 4.69) is 4.72 Å². The Morgan fingerprint density at radius 2 is 1.86 bits per heavy atom. The summed E-state index contributed by atoms with van der Waals surface area (Å²) in [4.78, 5) is 1.98. The maximum atomic E-state index is 13.6. The molecule has 0 radical (unpaired) electrons. The van der Waals surface area contributed by atoms with E-state index in [1.165, 1.54) is 0 Å². The van der Waals surface area contributed by atoms with Gasteiger partial charge >= 0.3 is 0 Å². The van der Waals surface area contributed by atoms with Crippen molar-refractivity contribution in [2.75, 3.05) is 20.6 Å². The zero-order valence-corrected chi connectivity index (χ0v) is 14.5. The first-order valence-electron chi connectivity index (χ1n) is 7.01. The third-order valence-corrected chi connectivity index (χ3v) is 5.02. The largest absolute Gasteiger partial charge is 0.309 e. The third kappa shape index (κ3) is 5.62. The van der Waals surface area contributed by atoms with E-state index >= 15 is 0 Å². The van der Waals surface area contributed by atoms with E-state index in [1.807, 2.05) is 32.8 Å². The summed E-state index contributed by atoms with van der Waals surface area (Å²) in [6.45, 7) is 6.39. The molecule has 1 aromatic rings. The van der Waals surface area contributed by atoms with E-state index in [-0.39, 0.29) is 17.0 Å². The van der Waals surface area contributed by atoms with Gasteiger partial charge in [0.1, 0.15) is 11.6 Å². The van der Waals surface area contributed by atoms with Gasteiger partial charge in [-0.3, -0.25) is 0 Å². The predicted octanol–water partition coefficient (Wildman–Crippen LogP) is 2.36. The first-order valence-corrected chi connectivity index (χ1v) is 8.67. The summed E-state index contributed by atoms with van der Waals surface area (Å²) in [5.41, 5.74) is -0.343. The van der Waals surface area contributed by atoms with Gasteiger partial charge in [0.05, 0.1) is 5.75 Å². The molecular formula is C15H24F2N2O2S. The molecule has 0 saturated carbocycles. The SMILES string of the molecule is C[C@H](NS(=O)(=O)Cc1ccc(F)cc1F)C(C)(C)CN(C)C. The van der Waals surface area contributed by atoms with Crippen LogP contribution in [-0.2, 0) is 15.8 Å². The van der Waals surface area contributed by atoms with Gasteiger partial charge in [0.25, 0.3) is 0 Å². The lowest BCUT2D eigenvalue weighted by Gasteiger charge is -2.34. The smallest absolute Gasteiger partial charge is 0.216 e. The van der Waals surface area contributed by atoms with Crippen molar-refractivity contribution in [3.8, 4) is 0 Å². The van der Waals surface area contributed by atoms with Crippen LogP contribution in [0.2, 0.25) is 0 Å². The highest BCUT2D eigenvalue weighted by atomic mass is 32.2. The summed E-state index contributed by atoms with van der Waals surface area (Å²) in [5.74, 6) is -2.10. The van der Waals surface area contributed by atoms with Gasteiger partial charge in [0, 0.05) is 24.2 Å². The van der Waals surface area contributed by atoms with E-state index in [1.54, 1.807) is 6.92 Å². The molecule has 126 valence electrons. The Labute approximate surface area is 131 Å². The number of hydrogen-bond donors (Lipinski definition) is 1. The molecule has 0 unspecified atom stereocenters. The van der Waals surface area contributed by atoms with E-state index in [9.17, 15) is 17.2 Å².